The largest absolute Gasteiger partial charge is 0.349 e. The number of hydrogen-bond acceptors (Lipinski definition) is 2. The fourth-order valence-electron chi connectivity index (χ4n) is 6.63. The minimum Gasteiger partial charge on any atom is -0.349 e. The van der Waals surface area contributed by atoms with Crippen LogP contribution in [0.4, 0.5) is 0 Å². The summed E-state index contributed by atoms with van der Waals surface area (Å²) >= 11 is 0. The van der Waals surface area contributed by atoms with Crippen molar-refractivity contribution in [2.75, 3.05) is 0 Å². The summed E-state index contributed by atoms with van der Waals surface area (Å²) in [7, 11) is 0. The molecule has 2 aromatic carbocycles. The number of benzene rings is 2. The van der Waals surface area contributed by atoms with Crippen molar-refractivity contribution in [3.05, 3.63) is 71.8 Å². The third-order valence-corrected chi connectivity index (χ3v) is 7.50. The molecule has 0 radical (unpaired) electrons. The number of hydrogen-bond donors (Lipinski definition) is 2. The average Bonchev–Trinajstić information content (AvgIpc) is 2.71. The number of amides is 1. The molecule has 4 aliphatic carbocycles. The van der Waals surface area contributed by atoms with Crippen LogP contribution in [0.25, 0.3) is 0 Å². The highest BCUT2D eigenvalue weighted by atomic mass is 16.2. The third-order valence-electron chi connectivity index (χ3n) is 7.50. The highest BCUT2D eigenvalue weighted by Gasteiger charge is 2.51. The van der Waals surface area contributed by atoms with Crippen molar-refractivity contribution < 1.29 is 4.79 Å². The standard InChI is InChI=1S/C26H32N2O/c1-18(25(29)28-26-15-19-12-20(16-26)14-21(13-19)17-26)27-24(22-8-4-2-5-9-22)23-10-6-3-7-11-23/h2-11,18-21,24,27H,12-17H2,1H3,(H,28,29). The van der Waals surface area contributed by atoms with Gasteiger partial charge in [-0.15, -0.1) is 0 Å². The molecular formula is C26H32N2O. The lowest BCUT2D eigenvalue weighted by atomic mass is 9.53. The van der Waals surface area contributed by atoms with Gasteiger partial charge in [0.05, 0.1) is 12.1 Å². The zero-order valence-electron chi connectivity index (χ0n) is 17.3. The first-order valence-electron chi connectivity index (χ1n) is 11.3. The maximum Gasteiger partial charge on any atom is 0.237 e. The molecule has 0 aromatic heterocycles. The molecule has 4 fully saturated rings. The summed E-state index contributed by atoms with van der Waals surface area (Å²) in [6.07, 6.45) is 7.77. The van der Waals surface area contributed by atoms with Crippen LogP contribution in [0.15, 0.2) is 60.7 Å². The molecule has 0 aliphatic heterocycles. The predicted molar refractivity (Wildman–Crippen MR) is 116 cm³/mol. The van der Waals surface area contributed by atoms with E-state index in [1.54, 1.807) is 0 Å². The minimum absolute atomic E-state index is 0.00881. The van der Waals surface area contributed by atoms with E-state index in [0.717, 1.165) is 17.8 Å². The van der Waals surface area contributed by atoms with Gasteiger partial charge in [0.25, 0.3) is 0 Å². The maximum absolute atomic E-state index is 13.3. The Balaban J connectivity index is 1.31. The normalized spacial score (nSPS) is 31.0. The van der Waals surface area contributed by atoms with Gasteiger partial charge in [-0.25, -0.2) is 0 Å². The predicted octanol–water partition coefficient (Wildman–Crippen LogP) is 4.84. The zero-order valence-corrected chi connectivity index (χ0v) is 17.3. The fourth-order valence-corrected chi connectivity index (χ4v) is 6.63. The highest BCUT2D eigenvalue weighted by Crippen LogP contribution is 2.55. The summed E-state index contributed by atoms with van der Waals surface area (Å²) in [6, 6.07) is 20.6. The second-order valence-corrected chi connectivity index (χ2v) is 9.83. The summed E-state index contributed by atoms with van der Waals surface area (Å²) in [5.41, 5.74) is 2.44. The van der Waals surface area contributed by atoms with Gasteiger partial charge in [0, 0.05) is 5.54 Å². The topological polar surface area (TPSA) is 41.1 Å². The van der Waals surface area contributed by atoms with Crippen LogP contribution in [0.5, 0.6) is 0 Å². The molecule has 4 saturated carbocycles. The molecule has 3 nitrogen and oxygen atoms in total. The third kappa shape index (κ3) is 3.85. The number of nitrogens with one attached hydrogen (secondary N) is 2. The fraction of sp³-hybridized carbons (Fsp3) is 0.500. The molecule has 1 amide bonds. The molecule has 1 unspecified atom stereocenters. The Morgan fingerprint density at radius 2 is 1.28 bits per heavy atom. The molecular weight excluding hydrogens is 356 g/mol. The zero-order chi connectivity index (χ0) is 19.8. The summed E-state index contributed by atoms with van der Waals surface area (Å²) in [6.45, 7) is 2.01. The molecule has 0 saturated heterocycles. The highest BCUT2D eigenvalue weighted by molar-refractivity contribution is 5.82. The second-order valence-electron chi connectivity index (χ2n) is 9.83. The van der Waals surface area contributed by atoms with Crippen LogP contribution in [0, 0.1) is 17.8 Å². The summed E-state index contributed by atoms with van der Waals surface area (Å²) in [5, 5.41) is 7.15. The molecule has 29 heavy (non-hydrogen) atoms. The van der Waals surface area contributed by atoms with E-state index in [2.05, 4.69) is 59.2 Å². The van der Waals surface area contributed by atoms with E-state index in [0.29, 0.717) is 0 Å². The molecule has 152 valence electrons. The van der Waals surface area contributed by atoms with E-state index in [-0.39, 0.29) is 23.5 Å². The Hall–Kier alpha value is -2.13. The van der Waals surface area contributed by atoms with Gasteiger partial charge in [-0.3, -0.25) is 10.1 Å². The number of rotatable bonds is 6. The average molecular weight is 389 g/mol. The Kier molecular flexibility index (Phi) is 4.95. The van der Waals surface area contributed by atoms with Gasteiger partial charge in [0.1, 0.15) is 0 Å². The maximum atomic E-state index is 13.3. The lowest BCUT2D eigenvalue weighted by molar-refractivity contribution is -0.128. The molecule has 6 rings (SSSR count). The molecule has 0 heterocycles. The Morgan fingerprint density at radius 1 is 0.828 bits per heavy atom. The second kappa shape index (κ2) is 7.60. The van der Waals surface area contributed by atoms with E-state index in [9.17, 15) is 4.79 Å². The van der Waals surface area contributed by atoms with Crippen LogP contribution in [0.1, 0.15) is 62.6 Å². The first-order valence-corrected chi connectivity index (χ1v) is 11.3. The molecule has 1 atom stereocenters. The summed E-state index contributed by atoms with van der Waals surface area (Å²) in [5.74, 6) is 2.67. The van der Waals surface area contributed by atoms with E-state index in [1.807, 2.05) is 19.1 Å². The van der Waals surface area contributed by atoms with Crippen LogP contribution >= 0.6 is 0 Å². The van der Waals surface area contributed by atoms with Crippen molar-refractivity contribution in [2.24, 2.45) is 17.8 Å². The van der Waals surface area contributed by atoms with Crippen LogP contribution in [-0.4, -0.2) is 17.5 Å². The smallest absolute Gasteiger partial charge is 0.237 e. The quantitative estimate of drug-likeness (QED) is 0.743. The molecule has 0 spiro atoms. The van der Waals surface area contributed by atoms with E-state index in [1.165, 1.54) is 49.7 Å². The van der Waals surface area contributed by atoms with Crippen LogP contribution in [0.3, 0.4) is 0 Å². The van der Waals surface area contributed by atoms with Gasteiger partial charge in [-0.2, -0.15) is 0 Å². The van der Waals surface area contributed by atoms with Crippen molar-refractivity contribution in [1.82, 2.24) is 10.6 Å². The van der Waals surface area contributed by atoms with Crippen molar-refractivity contribution >= 4 is 5.91 Å². The van der Waals surface area contributed by atoms with Crippen LogP contribution in [0.2, 0.25) is 0 Å². The molecule has 2 N–H and O–H groups in total. The van der Waals surface area contributed by atoms with Crippen LogP contribution in [-0.2, 0) is 4.79 Å². The van der Waals surface area contributed by atoms with Gasteiger partial charge in [-0.05, 0) is 74.3 Å². The van der Waals surface area contributed by atoms with Gasteiger partial charge in [-0.1, -0.05) is 60.7 Å². The van der Waals surface area contributed by atoms with Gasteiger partial charge in [0.15, 0.2) is 0 Å². The molecule has 4 bridgehead atoms. The SMILES string of the molecule is CC(NC(c1ccccc1)c1ccccc1)C(=O)NC12CC3CC(CC(C3)C1)C2. The molecule has 3 heteroatoms. The van der Waals surface area contributed by atoms with Crippen molar-refractivity contribution in [1.29, 1.82) is 0 Å². The summed E-state index contributed by atoms with van der Waals surface area (Å²) in [4.78, 5) is 13.3. The minimum atomic E-state index is -0.242. The molecule has 4 aliphatic rings. The Morgan fingerprint density at radius 3 is 1.72 bits per heavy atom. The summed E-state index contributed by atoms with van der Waals surface area (Å²) < 4.78 is 0. The lowest BCUT2D eigenvalue weighted by Crippen LogP contribution is -2.62. The first kappa shape index (κ1) is 18.9. The van der Waals surface area contributed by atoms with Crippen LogP contribution < -0.4 is 10.6 Å². The Bertz CT molecular complexity index is 773. The number of carbonyl (C=O) groups is 1. The lowest BCUT2D eigenvalue weighted by Gasteiger charge is -2.57. The van der Waals surface area contributed by atoms with E-state index >= 15 is 0 Å². The van der Waals surface area contributed by atoms with Crippen molar-refractivity contribution in [2.45, 2.75) is 63.1 Å². The Labute approximate surface area is 174 Å². The van der Waals surface area contributed by atoms with Crippen molar-refractivity contribution in [3.8, 4) is 0 Å². The van der Waals surface area contributed by atoms with Crippen molar-refractivity contribution in [3.63, 3.8) is 0 Å². The molecule has 2 aromatic rings. The van der Waals surface area contributed by atoms with E-state index in [4.69, 9.17) is 0 Å². The van der Waals surface area contributed by atoms with E-state index < -0.39 is 0 Å². The number of carbonyl (C=O) groups excluding carboxylic acids is 1. The first-order chi connectivity index (χ1) is 14.1. The van der Waals surface area contributed by atoms with Gasteiger partial charge >= 0.3 is 0 Å². The van der Waals surface area contributed by atoms with Gasteiger partial charge < -0.3 is 5.32 Å². The monoisotopic (exact) mass is 388 g/mol. The van der Waals surface area contributed by atoms with Gasteiger partial charge in [0.2, 0.25) is 5.91 Å².